The van der Waals surface area contributed by atoms with Gasteiger partial charge in [0.25, 0.3) is 0 Å². The first-order valence-corrected chi connectivity index (χ1v) is 4.73. The zero-order valence-corrected chi connectivity index (χ0v) is 8.71. The van der Waals surface area contributed by atoms with E-state index in [0.29, 0.717) is 12.4 Å². The molecule has 0 aromatic carbocycles. The van der Waals surface area contributed by atoms with E-state index in [2.05, 4.69) is 32.0 Å². The Labute approximate surface area is 87.3 Å². The number of aromatic nitrogens is 4. The molecule has 0 saturated heterocycles. The van der Waals surface area contributed by atoms with Crippen molar-refractivity contribution in [2.75, 3.05) is 0 Å². The lowest BCUT2D eigenvalue weighted by atomic mass is 10.2. The Balaban J connectivity index is 1.90. The smallest absolute Gasteiger partial charge is 0.213 e. The highest BCUT2D eigenvalue weighted by atomic mass is 16.5. The van der Waals surface area contributed by atoms with E-state index in [0.717, 1.165) is 5.56 Å². The topological polar surface area (TPSA) is 68.8 Å². The van der Waals surface area contributed by atoms with Crippen LogP contribution in [-0.2, 0) is 13.6 Å². The number of nitrogens with one attached hydrogen (secondary N) is 1. The zero-order chi connectivity index (χ0) is 10.7. The standard InChI is InChI=1S/C9H13N5O/c1-7(8-3-12-14(2)5-8)10-4-9-11-6-15-13-9/h3,5-7,10H,4H2,1-2H3. The summed E-state index contributed by atoms with van der Waals surface area (Å²) in [5.74, 6) is 0.658. The minimum Gasteiger partial charge on any atom is -0.343 e. The van der Waals surface area contributed by atoms with Crippen LogP contribution in [0.1, 0.15) is 24.4 Å². The summed E-state index contributed by atoms with van der Waals surface area (Å²) in [5.41, 5.74) is 1.14. The second kappa shape index (κ2) is 4.22. The fourth-order valence-corrected chi connectivity index (χ4v) is 1.30. The molecule has 80 valence electrons. The van der Waals surface area contributed by atoms with Gasteiger partial charge in [0.1, 0.15) is 0 Å². The minimum atomic E-state index is 0.220. The Hall–Kier alpha value is -1.69. The van der Waals surface area contributed by atoms with Crippen molar-refractivity contribution in [2.45, 2.75) is 19.5 Å². The van der Waals surface area contributed by atoms with Gasteiger partial charge in [0.05, 0.1) is 12.7 Å². The van der Waals surface area contributed by atoms with Gasteiger partial charge in [-0.3, -0.25) is 4.68 Å². The minimum absolute atomic E-state index is 0.220. The molecule has 2 rings (SSSR count). The maximum atomic E-state index is 4.64. The molecule has 2 aromatic heterocycles. The molecule has 0 saturated carbocycles. The molecular formula is C9H13N5O. The molecule has 0 aliphatic carbocycles. The molecule has 15 heavy (non-hydrogen) atoms. The summed E-state index contributed by atoms with van der Waals surface area (Å²) in [6.45, 7) is 2.66. The molecule has 1 atom stereocenters. The highest BCUT2D eigenvalue weighted by molar-refractivity contribution is 5.08. The summed E-state index contributed by atoms with van der Waals surface area (Å²) in [6, 6.07) is 0.220. The molecule has 2 heterocycles. The normalized spacial score (nSPS) is 12.9. The Kier molecular flexibility index (Phi) is 2.77. The number of aryl methyl sites for hydroxylation is 1. The molecular weight excluding hydrogens is 194 g/mol. The van der Waals surface area contributed by atoms with Crippen molar-refractivity contribution in [1.29, 1.82) is 0 Å². The summed E-state index contributed by atoms with van der Waals surface area (Å²) >= 11 is 0. The summed E-state index contributed by atoms with van der Waals surface area (Å²) in [7, 11) is 1.90. The predicted molar refractivity (Wildman–Crippen MR) is 52.8 cm³/mol. The van der Waals surface area contributed by atoms with Crippen LogP contribution in [0.3, 0.4) is 0 Å². The van der Waals surface area contributed by atoms with Gasteiger partial charge in [0.15, 0.2) is 5.82 Å². The van der Waals surface area contributed by atoms with Crippen LogP contribution in [0.4, 0.5) is 0 Å². The van der Waals surface area contributed by atoms with Crippen LogP contribution in [0.2, 0.25) is 0 Å². The lowest BCUT2D eigenvalue weighted by Gasteiger charge is -2.09. The van der Waals surface area contributed by atoms with Crippen LogP contribution < -0.4 is 5.32 Å². The second-order valence-electron chi connectivity index (χ2n) is 3.40. The van der Waals surface area contributed by atoms with Crippen LogP contribution in [-0.4, -0.2) is 19.9 Å². The Morgan fingerprint density at radius 3 is 3.07 bits per heavy atom. The molecule has 1 N–H and O–H groups in total. The maximum absolute atomic E-state index is 4.64. The number of rotatable bonds is 4. The fourth-order valence-electron chi connectivity index (χ4n) is 1.30. The van der Waals surface area contributed by atoms with E-state index < -0.39 is 0 Å². The molecule has 0 fully saturated rings. The van der Waals surface area contributed by atoms with Gasteiger partial charge in [-0.2, -0.15) is 10.1 Å². The van der Waals surface area contributed by atoms with E-state index in [1.165, 1.54) is 6.39 Å². The average molecular weight is 207 g/mol. The van der Waals surface area contributed by atoms with E-state index in [1.807, 2.05) is 19.4 Å². The molecule has 0 aliphatic rings. The molecule has 2 aromatic rings. The molecule has 1 unspecified atom stereocenters. The zero-order valence-electron chi connectivity index (χ0n) is 8.71. The van der Waals surface area contributed by atoms with Crippen LogP contribution in [0.5, 0.6) is 0 Å². The van der Waals surface area contributed by atoms with Crippen LogP contribution in [0.25, 0.3) is 0 Å². The number of nitrogens with zero attached hydrogens (tertiary/aromatic N) is 4. The number of hydrogen-bond acceptors (Lipinski definition) is 5. The molecule has 0 aliphatic heterocycles. The third-order valence-corrected chi connectivity index (χ3v) is 2.20. The third kappa shape index (κ3) is 2.41. The number of hydrogen-bond donors (Lipinski definition) is 1. The second-order valence-corrected chi connectivity index (χ2v) is 3.40. The predicted octanol–water partition coefficient (Wildman–Crippen LogP) is 0.654. The van der Waals surface area contributed by atoms with Gasteiger partial charge in [-0.15, -0.1) is 0 Å². The van der Waals surface area contributed by atoms with Gasteiger partial charge >= 0.3 is 0 Å². The highest BCUT2D eigenvalue weighted by Crippen LogP contribution is 2.10. The van der Waals surface area contributed by atoms with Crippen LogP contribution >= 0.6 is 0 Å². The Morgan fingerprint density at radius 2 is 2.47 bits per heavy atom. The van der Waals surface area contributed by atoms with E-state index in [-0.39, 0.29) is 6.04 Å². The molecule has 6 heteroatoms. The third-order valence-electron chi connectivity index (χ3n) is 2.20. The summed E-state index contributed by atoms with van der Waals surface area (Å²) < 4.78 is 6.42. The van der Waals surface area contributed by atoms with Gasteiger partial charge in [0.2, 0.25) is 6.39 Å². The van der Waals surface area contributed by atoms with Crippen molar-refractivity contribution in [1.82, 2.24) is 25.2 Å². The monoisotopic (exact) mass is 207 g/mol. The quantitative estimate of drug-likeness (QED) is 0.797. The van der Waals surface area contributed by atoms with Gasteiger partial charge in [0, 0.05) is 24.8 Å². The first-order valence-electron chi connectivity index (χ1n) is 4.73. The largest absolute Gasteiger partial charge is 0.343 e. The summed E-state index contributed by atoms with van der Waals surface area (Å²) in [5, 5.41) is 11.1. The molecule has 6 nitrogen and oxygen atoms in total. The van der Waals surface area contributed by atoms with Crippen molar-refractivity contribution in [3.8, 4) is 0 Å². The Bertz CT molecular complexity index is 408. The molecule has 0 spiro atoms. The lowest BCUT2D eigenvalue weighted by Crippen LogP contribution is -2.18. The first kappa shape index (κ1) is 9.85. The fraction of sp³-hybridized carbons (Fsp3) is 0.444. The maximum Gasteiger partial charge on any atom is 0.213 e. The van der Waals surface area contributed by atoms with Crippen LogP contribution in [0.15, 0.2) is 23.3 Å². The molecule has 0 radical (unpaired) electrons. The summed E-state index contributed by atoms with van der Waals surface area (Å²) in [6.07, 6.45) is 5.15. The first-order chi connectivity index (χ1) is 7.25. The van der Waals surface area contributed by atoms with E-state index in [1.54, 1.807) is 4.68 Å². The van der Waals surface area contributed by atoms with Crippen molar-refractivity contribution in [3.63, 3.8) is 0 Å². The van der Waals surface area contributed by atoms with E-state index in [4.69, 9.17) is 0 Å². The average Bonchev–Trinajstić information content (AvgIpc) is 2.84. The van der Waals surface area contributed by atoms with E-state index in [9.17, 15) is 0 Å². The molecule has 0 bridgehead atoms. The van der Waals surface area contributed by atoms with Gasteiger partial charge < -0.3 is 9.84 Å². The lowest BCUT2D eigenvalue weighted by molar-refractivity contribution is 0.405. The van der Waals surface area contributed by atoms with Crippen LogP contribution in [0, 0.1) is 0 Å². The highest BCUT2D eigenvalue weighted by Gasteiger charge is 2.07. The Morgan fingerprint density at radius 1 is 1.60 bits per heavy atom. The van der Waals surface area contributed by atoms with Crippen molar-refractivity contribution >= 4 is 0 Å². The van der Waals surface area contributed by atoms with E-state index >= 15 is 0 Å². The van der Waals surface area contributed by atoms with Gasteiger partial charge in [-0.25, -0.2) is 0 Å². The van der Waals surface area contributed by atoms with Gasteiger partial charge in [-0.1, -0.05) is 5.16 Å². The van der Waals surface area contributed by atoms with Gasteiger partial charge in [-0.05, 0) is 6.92 Å². The van der Waals surface area contributed by atoms with Crippen molar-refractivity contribution in [2.24, 2.45) is 7.05 Å². The summed E-state index contributed by atoms with van der Waals surface area (Å²) in [4.78, 5) is 3.93. The van der Waals surface area contributed by atoms with Crippen molar-refractivity contribution < 1.29 is 4.52 Å². The van der Waals surface area contributed by atoms with Crippen molar-refractivity contribution in [3.05, 3.63) is 30.2 Å². The molecule has 0 amide bonds. The SMILES string of the molecule is CC(NCc1ncon1)c1cnn(C)c1.